The number of hydrogen-bond acceptors (Lipinski definition) is 6. The zero-order valence-electron chi connectivity index (χ0n) is 13.9. The average Bonchev–Trinajstić information content (AvgIpc) is 2.55. The number of nitro groups is 1. The van der Waals surface area contributed by atoms with Crippen molar-refractivity contribution in [2.45, 2.75) is 6.92 Å². The molecule has 0 amide bonds. The van der Waals surface area contributed by atoms with E-state index < -0.39 is 0 Å². The maximum atomic E-state index is 10.9. The van der Waals surface area contributed by atoms with E-state index >= 15 is 0 Å². The molecule has 128 valence electrons. The first-order chi connectivity index (χ1) is 11.1. The Morgan fingerprint density at radius 1 is 1.17 bits per heavy atom. The summed E-state index contributed by atoms with van der Waals surface area (Å²) >= 11 is 0. The maximum absolute atomic E-state index is 10.9. The Morgan fingerprint density at radius 3 is 2.52 bits per heavy atom. The van der Waals surface area contributed by atoms with Crippen LogP contribution < -0.4 is 4.90 Å². The Hall–Kier alpha value is -1.70. The smallest absolute Gasteiger partial charge is 0.272 e. The molecule has 0 spiro atoms. The molecular formula is C16H25N3O4. The lowest BCUT2D eigenvalue weighted by Crippen LogP contribution is -2.47. The van der Waals surface area contributed by atoms with Gasteiger partial charge in [0.25, 0.3) is 5.69 Å². The van der Waals surface area contributed by atoms with E-state index in [9.17, 15) is 10.1 Å². The second kappa shape index (κ2) is 8.81. The van der Waals surface area contributed by atoms with Crippen molar-refractivity contribution in [3.05, 3.63) is 33.9 Å². The number of anilines is 1. The highest BCUT2D eigenvalue weighted by Crippen LogP contribution is 2.24. The van der Waals surface area contributed by atoms with Gasteiger partial charge in [0.15, 0.2) is 0 Å². The first kappa shape index (κ1) is 17.7. The van der Waals surface area contributed by atoms with Gasteiger partial charge in [-0.05, 0) is 19.1 Å². The SMILES string of the molecule is COCCOCCN1CCN(c2ccc([N+](=O)[O-])c(C)c2)CC1. The van der Waals surface area contributed by atoms with E-state index in [0.717, 1.165) is 45.0 Å². The minimum Gasteiger partial charge on any atom is -0.382 e. The standard InChI is InChI=1S/C16H25N3O4/c1-14-13-15(3-4-16(14)19(20)21)18-7-5-17(6-8-18)9-10-23-12-11-22-2/h3-4,13H,5-12H2,1-2H3. The van der Waals surface area contributed by atoms with Crippen LogP contribution in [0.2, 0.25) is 0 Å². The molecule has 0 saturated carbocycles. The number of hydrogen-bond donors (Lipinski definition) is 0. The normalized spacial score (nSPS) is 15.8. The Labute approximate surface area is 136 Å². The molecule has 0 aromatic heterocycles. The molecule has 1 saturated heterocycles. The second-order valence-electron chi connectivity index (χ2n) is 5.66. The molecule has 1 aromatic rings. The molecule has 7 heteroatoms. The Balaban J connectivity index is 1.78. The summed E-state index contributed by atoms with van der Waals surface area (Å²) in [4.78, 5) is 15.2. The molecule has 0 aliphatic carbocycles. The molecule has 0 unspecified atom stereocenters. The van der Waals surface area contributed by atoms with Gasteiger partial charge in [0, 0.05) is 57.2 Å². The lowest BCUT2D eigenvalue weighted by molar-refractivity contribution is -0.385. The number of methoxy groups -OCH3 is 1. The number of rotatable bonds is 8. The van der Waals surface area contributed by atoms with E-state index in [4.69, 9.17) is 9.47 Å². The third kappa shape index (κ3) is 5.16. The van der Waals surface area contributed by atoms with Crippen LogP contribution in [0.1, 0.15) is 5.56 Å². The van der Waals surface area contributed by atoms with Gasteiger partial charge in [-0.2, -0.15) is 0 Å². The van der Waals surface area contributed by atoms with Crippen LogP contribution in [0.4, 0.5) is 11.4 Å². The number of nitro benzene ring substituents is 1. The summed E-state index contributed by atoms with van der Waals surface area (Å²) in [6.45, 7) is 8.51. The minimum atomic E-state index is -0.333. The topological polar surface area (TPSA) is 68.1 Å². The number of piperazine rings is 1. The van der Waals surface area contributed by atoms with Crippen molar-refractivity contribution in [1.82, 2.24) is 4.90 Å². The van der Waals surface area contributed by atoms with E-state index in [0.29, 0.717) is 18.8 Å². The molecule has 23 heavy (non-hydrogen) atoms. The molecule has 0 bridgehead atoms. The monoisotopic (exact) mass is 323 g/mol. The van der Waals surface area contributed by atoms with E-state index in [1.807, 2.05) is 12.1 Å². The van der Waals surface area contributed by atoms with Crippen LogP contribution in [0.3, 0.4) is 0 Å². The molecule has 1 aliphatic rings. The zero-order valence-corrected chi connectivity index (χ0v) is 13.9. The average molecular weight is 323 g/mol. The number of aryl methyl sites for hydroxylation is 1. The third-order valence-electron chi connectivity index (χ3n) is 4.10. The van der Waals surface area contributed by atoms with E-state index in [-0.39, 0.29) is 10.6 Å². The van der Waals surface area contributed by atoms with Crippen LogP contribution in [0.15, 0.2) is 18.2 Å². The predicted molar refractivity (Wildman–Crippen MR) is 89.2 cm³/mol. The molecule has 0 N–H and O–H groups in total. The van der Waals surface area contributed by atoms with Crippen molar-refractivity contribution in [3.63, 3.8) is 0 Å². The first-order valence-corrected chi connectivity index (χ1v) is 7.91. The summed E-state index contributed by atoms with van der Waals surface area (Å²) in [7, 11) is 1.67. The van der Waals surface area contributed by atoms with Crippen molar-refractivity contribution in [2.75, 3.05) is 64.6 Å². The highest BCUT2D eigenvalue weighted by molar-refractivity contribution is 5.55. The fraction of sp³-hybridized carbons (Fsp3) is 0.625. The van der Waals surface area contributed by atoms with Gasteiger partial charge in [-0.3, -0.25) is 15.0 Å². The number of benzene rings is 1. The van der Waals surface area contributed by atoms with Crippen molar-refractivity contribution in [1.29, 1.82) is 0 Å². The minimum absolute atomic E-state index is 0.181. The molecule has 2 rings (SSSR count). The fourth-order valence-corrected chi connectivity index (χ4v) is 2.71. The van der Waals surface area contributed by atoms with Crippen LogP contribution in [0.5, 0.6) is 0 Å². The molecule has 1 aromatic carbocycles. The maximum Gasteiger partial charge on any atom is 0.272 e. The van der Waals surface area contributed by atoms with Gasteiger partial charge in [0.1, 0.15) is 0 Å². The Kier molecular flexibility index (Phi) is 6.76. The largest absolute Gasteiger partial charge is 0.382 e. The van der Waals surface area contributed by atoms with Crippen LogP contribution in [0, 0.1) is 17.0 Å². The van der Waals surface area contributed by atoms with Gasteiger partial charge >= 0.3 is 0 Å². The predicted octanol–water partition coefficient (Wildman–Crippen LogP) is 1.69. The summed E-state index contributed by atoms with van der Waals surface area (Å²) in [5.74, 6) is 0. The van der Waals surface area contributed by atoms with Crippen LogP contribution in [0.25, 0.3) is 0 Å². The lowest BCUT2D eigenvalue weighted by Gasteiger charge is -2.36. The lowest BCUT2D eigenvalue weighted by atomic mass is 10.1. The summed E-state index contributed by atoms with van der Waals surface area (Å²) in [6.07, 6.45) is 0. The highest BCUT2D eigenvalue weighted by atomic mass is 16.6. The van der Waals surface area contributed by atoms with E-state index in [1.54, 1.807) is 20.1 Å². The zero-order chi connectivity index (χ0) is 16.7. The summed E-state index contributed by atoms with van der Waals surface area (Å²) < 4.78 is 10.4. The van der Waals surface area contributed by atoms with Crippen molar-refractivity contribution in [3.8, 4) is 0 Å². The summed E-state index contributed by atoms with van der Waals surface area (Å²) in [5.41, 5.74) is 1.95. The van der Waals surface area contributed by atoms with Crippen molar-refractivity contribution < 1.29 is 14.4 Å². The van der Waals surface area contributed by atoms with Gasteiger partial charge in [0.05, 0.1) is 24.7 Å². The number of nitrogens with zero attached hydrogens (tertiary/aromatic N) is 3. The van der Waals surface area contributed by atoms with Crippen LogP contribution in [-0.4, -0.2) is 69.5 Å². The summed E-state index contributed by atoms with van der Waals surface area (Å²) in [5, 5.41) is 10.9. The molecular weight excluding hydrogens is 298 g/mol. The molecule has 0 radical (unpaired) electrons. The van der Waals surface area contributed by atoms with E-state index in [1.165, 1.54) is 0 Å². The van der Waals surface area contributed by atoms with Gasteiger partial charge in [-0.25, -0.2) is 0 Å². The Bertz CT molecular complexity index is 516. The van der Waals surface area contributed by atoms with Crippen LogP contribution >= 0.6 is 0 Å². The molecule has 1 aliphatic heterocycles. The molecule has 0 atom stereocenters. The molecule has 1 fully saturated rings. The second-order valence-corrected chi connectivity index (χ2v) is 5.66. The van der Waals surface area contributed by atoms with E-state index in [2.05, 4.69) is 9.80 Å². The summed E-state index contributed by atoms with van der Waals surface area (Å²) in [6, 6.07) is 5.34. The van der Waals surface area contributed by atoms with Gasteiger partial charge in [-0.15, -0.1) is 0 Å². The Morgan fingerprint density at radius 2 is 1.91 bits per heavy atom. The third-order valence-corrected chi connectivity index (χ3v) is 4.10. The molecule has 1 heterocycles. The van der Waals surface area contributed by atoms with Gasteiger partial charge < -0.3 is 14.4 Å². The first-order valence-electron chi connectivity index (χ1n) is 7.91. The molecule has 7 nitrogen and oxygen atoms in total. The van der Waals surface area contributed by atoms with Gasteiger partial charge in [0.2, 0.25) is 0 Å². The highest BCUT2D eigenvalue weighted by Gasteiger charge is 2.19. The quantitative estimate of drug-likeness (QED) is 0.412. The number of ether oxygens (including phenoxy) is 2. The van der Waals surface area contributed by atoms with Crippen molar-refractivity contribution >= 4 is 11.4 Å². The van der Waals surface area contributed by atoms with Crippen LogP contribution in [-0.2, 0) is 9.47 Å². The fourth-order valence-electron chi connectivity index (χ4n) is 2.71. The van der Waals surface area contributed by atoms with Crippen molar-refractivity contribution in [2.24, 2.45) is 0 Å². The van der Waals surface area contributed by atoms with Gasteiger partial charge in [-0.1, -0.05) is 0 Å².